The number of para-hydroxylation sites is 2. The lowest BCUT2D eigenvalue weighted by Crippen LogP contribution is -2.34. The van der Waals surface area contributed by atoms with E-state index in [9.17, 15) is 8.42 Å². The van der Waals surface area contributed by atoms with Crippen molar-refractivity contribution in [3.8, 4) is 11.8 Å². The van der Waals surface area contributed by atoms with Crippen molar-refractivity contribution in [3.63, 3.8) is 0 Å². The van der Waals surface area contributed by atoms with Gasteiger partial charge >= 0.3 is 10.1 Å². The number of hydrogen-bond donors (Lipinski definition) is 0. The van der Waals surface area contributed by atoms with Crippen LogP contribution in [-0.4, -0.2) is 21.5 Å². The molecule has 1 atom stereocenters. The summed E-state index contributed by atoms with van der Waals surface area (Å²) in [4.78, 5) is 2.19. The Labute approximate surface area is 155 Å². The Balaban J connectivity index is 1.80. The molecule has 1 heterocycles. The standard InChI is InChI=1S/C20H22N2O3S/c1-16-6-5-11-22(14-16)19-9-2-3-10-20(19)25-26(23,24)15-18-8-4-7-17(12-18)13-21/h2-4,7-10,12,16H,5-6,11,14-15H2,1H3/t16-/m0/s1. The summed E-state index contributed by atoms with van der Waals surface area (Å²) < 4.78 is 30.5. The molecule has 2 aromatic carbocycles. The van der Waals surface area contributed by atoms with E-state index in [-0.39, 0.29) is 5.75 Å². The van der Waals surface area contributed by atoms with Gasteiger partial charge in [0.2, 0.25) is 0 Å². The van der Waals surface area contributed by atoms with E-state index in [1.54, 1.807) is 36.4 Å². The Bertz CT molecular complexity index is 919. The fourth-order valence-electron chi connectivity index (χ4n) is 3.30. The van der Waals surface area contributed by atoms with Crippen molar-refractivity contribution in [3.05, 3.63) is 59.7 Å². The van der Waals surface area contributed by atoms with E-state index in [2.05, 4.69) is 11.8 Å². The second kappa shape index (κ2) is 7.79. The van der Waals surface area contributed by atoms with Crippen molar-refractivity contribution in [2.24, 2.45) is 5.92 Å². The first-order valence-electron chi connectivity index (χ1n) is 8.72. The average Bonchev–Trinajstić information content (AvgIpc) is 2.61. The molecule has 0 saturated carbocycles. The molecule has 3 rings (SSSR count). The number of anilines is 1. The predicted octanol–water partition coefficient (Wildman–Crippen LogP) is 3.70. The van der Waals surface area contributed by atoms with Crippen molar-refractivity contribution >= 4 is 15.8 Å². The quantitative estimate of drug-likeness (QED) is 0.751. The second-order valence-corrected chi connectivity index (χ2v) is 8.33. The molecule has 1 aliphatic heterocycles. The Morgan fingerprint density at radius 1 is 1.23 bits per heavy atom. The van der Waals surface area contributed by atoms with Gasteiger partial charge in [-0.15, -0.1) is 0 Å². The largest absolute Gasteiger partial charge is 0.380 e. The van der Waals surface area contributed by atoms with Crippen LogP contribution in [0.25, 0.3) is 0 Å². The summed E-state index contributed by atoms with van der Waals surface area (Å²) in [6.45, 7) is 3.99. The van der Waals surface area contributed by atoms with Crippen LogP contribution in [0, 0.1) is 17.2 Å². The minimum atomic E-state index is -3.82. The molecule has 1 saturated heterocycles. The number of nitrogens with zero attached hydrogens (tertiary/aromatic N) is 2. The molecule has 1 aliphatic rings. The summed E-state index contributed by atoms with van der Waals surface area (Å²) in [5.74, 6) is 0.660. The fourth-order valence-corrected chi connectivity index (χ4v) is 4.36. The second-order valence-electron chi connectivity index (χ2n) is 6.76. The van der Waals surface area contributed by atoms with Gasteiger partial charge in [-0.05, 0) is 48.6 Å². The van der Waals surface area contributed by atoms with Crippen LogP contribution in [0.15, 0.2) is 48.5 Å². The maximum atomic E-state index is 12.5. The van der Waals surface area contributed by atoms with E-state index in [0.29, 0.717) is 22.8 Å². The first-order valence-corrected chi connectivity index (χ1v) is 10.3. The molecule has 0 bridgehead atoms. The molecular formula is C20H22N2O3S. The highest BCUT2D eigenvalue weighted by Crippen LogP contribution is 2.32. The molecule has 6 heteroatoms. The van der Waals surface area contributed by atoms with Crippen LogP contribution in [0.3, 0.4) is 0 Å². The van der Waals surface area contributed by atoms with Gasteiger partial charge in [0, 0.05) is 13.1 Å². The van der Waals surface area contributed by atoms with Gasteiger partial charge in [0.15, 0.2) is 5.75 Å². The zero-order chi connectivity index (χ0) is 18.6. The van der Waals surface area contributed by atoms with E-state index in [4.69, 9.17) is 9.44 Å². The summed E-state index contributed by atoms with van der Waals surface area (Å²) in [6.07, 6.45) is 2.27. The zero-order valence-corrected chi connectivity index (χ0v) is 15.6. The first kappa shape index (κ1) is 18.3. The lowest BCUT2D eigenvalue weighted by molar-refractivity contribution is 0.441. The lowest BCUT2D eigenvalue weighted by atomic mass is 10.00. The zero-order valence-electron chi connectivity index (χ0n) is 14.8. The molecule has 0 radical (unpaired) electrons. The van der Waals surface area contributed by atoms with Gasteiger partial charge in [-0.1, -0.05) is 31.2 Å². The van der Waals surface area contributed by atoms with E-state index < -0.39 is 10.1 Å². The fraction of sp³-hybridized carbons (Fsp3) is 0.350. The summed E-state index contributed by atoms with van der Waals surface area (Å²) in [5, 5.41) is 8.96. The van der Waals surface area contributed by atoms with Gasteiger partial charge in [0.05, 0.1) is 17.3 Å². The van der Waals surface area contributed by atoms with Crippen LogP contribution >= 0.6 is 0 Å². The smallest absolute Gasteiger partial charge is 0.313 e. The molecular weight excluding hydrogens is 348 g/mol. The van der Waals surface area contributed by atoms with E-state index in [1.165, 1.54) is 6.42 Å². The molecule has 136 valence electrons. The molecule has 0 N–H and O–H groups in total. The van der Waals surface area contributed by atoms with Crippen LogP contribution in [0.5, 0.6) is 5.75 Å². The molecule has 0 spiro atoms. The van der Waals surface area contributed by atoms with Gasteiger partial charge in [0.25, 0.3) is 0 Å². The van der Waals surface area contributed by atoms with E-state index >= 15 is 0 Å². The van der Waals surface area contributed by atoms with Crippen LogP contribution in [0.4, 0.5) is 5.69 Å². The molecule has 5 nitrogen and oxygen atoms in total. The van der Waals surface area contributed by atoms with Crippen molar-refractivity contribution in [2.75, 3.05) is 18.0 Å². The van der Waals surface area contributed by atoms with E-state index in [1.807, 2.05) is 18.2 Å². The van der Waals surface area contributed by atoms with Gasteiger partial charge < -0.3 is 9.08 Å². The van der Waals surface area contributed by atoms with Crippen LogP contribution < -0.4 is 9.08 Å². The maximum absolute atomic E-state index is 12.5. The number of benzene rings is 2. The Kier molecular flexibility index (Phi) is 5.48. The summed E-state index contributed by atoms with van der Waals surface area (Å²) in [7, 11) is -3.82. The van der Waals surface area contributed by atoms with Crippen LogP contribution in [-0.2, 0) is 15.9 Å². The highest BCUT2D eigenvalue weighted by atomic mass is 32.2. The third-order valence-corrected chi connectivity index (χ3v) is 5.60. The van der Waals surface area contributed by atoms with E-state index in [0.717, 1.165) is 25.2 Å². The summed E-state index contributed by atoms with van der Waals surface area (Å²) in [5.41, 5.74) is 1.78. The number of rotatable bonds is 5. The summed E-state index contributed by atoms with van der Waals surface area (Å²) >= 11 is 0. The SMILES string of the molecule is C[C@H]1CCCN(c2ccccc2OS(=O)(=O)Cc2cccc(C#N)c2)C1. The summed E-state index contributed by atoms with van der Waals surface area (Å²) in [6, 6.07) is 15.8. The molecule has 1 fully saturated rings. The Hall–Kier alpha value is -2.52. The molecule has 0 unspecified atom stereocenters. The molecule has 26 heavy (non-hydrogen) atoms. The monoisotopic (exact) mass is 370 g/mol. The number of nitriles is 1. The van der Waals surface area contributed by atoms with Crippen molar-refractivity contribution in [2.45, 2.75) is 25.5 Å². The molecule has 0 amide bonds. The predicted molar refractivity (Wildman–Crippen MR) is 101 cm³/mol. The number of piperidine rings is 1. The highest BCUT2D eigenvalue weighted by Gasteiger charge is 2.22. The van der Waals surface area contributed by atoms with Gasteiger partial charge in [-0.2, -0.15) is 13.7 Å². The number of hydrogen-bond acceptors (Lipinski definition) is 5. The first-order chi connectivity index (χ1) is 12.5. The third kappa shape index (κ3) is 4.55. The molecule has 0 aliphatic carbocycles. The molecule has 2 aromatic rings. The minimum Gasteiger partial charge on any atom is -0.380 e. The Morgan fingerprint density at radius 3 is 2.81 bits per heavy atom. The van der Waals surface area contributed by atoms with Crippen molar-refractivity contribution < 1.29 is 12.6 Å². The topological polar surface area (TPSA) is 70.4 Å². The maximum Gasteiger partial charge on any atom is 0.313 e. The third-order valence-electron chi connectivity index (χ3n) is 4.48. The highest BCUT2D eigenvalue weighted by molar-refractivity contribution is 7.86. The van der Waals surface area contributed by atoms with Gasteiger partial charge in [-0.3, -0.25) is 0 Å². The lowest BCUT2D eigenvalue weighted by Gasteiger charge is -2.33. The van der Waals surface area contributed by atoms with Crippen molar-refractivity contribution in [1.29, 1.82) is 5.26 Å². The van der Waals surface area contributed by atoms with Gasteiger partial charge in [-0.25, -0.2) is 0 Å². The average molecular weight is 370 g/mol. The van der Waals surface area contributed by atoms with Crippen LogP contribution in [0.2, 0.25) is 0 Å². The minimum absolute atomic E-state index is 0.271. The van der Waals surface area contributed by atoms with Gasteiger partial charge in [0.1, 0.15) is 5.75 Å². The normalized spacial score (nSPS) is 17.5. The van der Waals surface area contributed by atoms with Crippen molar-refractivity contribution in [1.82, 2.24) is 0 Å². The van der Waals surface area contributed by atoms with Crippen LogP contribution in [0.1, 0.15) is 30.9 Å². The Morgan fingerprint density at radius 2 is 2.04 bits per heavy atom. The molecule has 0 aromatic heterocycles.